The lowest BCUT2D eigenvalue weighted by Gasteiger charge is -2.28. The maximum atomic E-state index is 11.2. The van der Waals surface area contributed by atoms with Gasteiger partial charge in [-0.05, 0) is 37.6 Å². The third kappa shape index (κ3) is 3.80. The molecule has 1 unspecified atom stereocenters. The SMILES string of the molecule is CC(CCC(=O)NN)N(Cc1cccs1)C1CC1. The first kappa shape index (κ1) is 13.5. The highest BCUT2D eigenvalue weighted by atomic mass is 32.1. The van der Waals surface area contributed by atoms with E-state index in [4.69, 9.17) is 5.84 Å². The molecule has 1 saturated carbocycles. The number of thiophene rings is 1. The molecule has 0 bridgehead atoms. The van der Waals surface area contributed by atoms with Crippen LogP contribution in [0.5, 0.6) is 0 Å². The average Bonchev–Trinajstić information content (AvgIpc) is 3.09. The lowest BCUT2D eigenvalue weighted by Crippen LogP contribution is -2.36. The van der Waals surface area contributed by atoms with Gasteiger partial charge in [0.1, 0.15) is 0 Å². The Hall–Kier alpha value is -0.910. The van der Waals surface area contributed by atoms with Gasteiger partial charge in [-0.3, -0.25) is 15.1 Å². The Morgan fingerprint density at radius 3 is 3.00 bits per heavy atom. The molecular weight excluding hydrogens is 246 g/mol. The van der Waals surface area contributed by atoms with Gasteiger partial charge in [0, 0.05) is 29.9 Å². The summed E-state index contributed by atoms with van der Waals surface area (Å²) in [5.41, 5.74) is 2.19. The molecule has 0 saturated heterocycles. The van der Waals surface area contributed by atoms with Gasteiger partial charge in [-0.1, -0.05) is 6.07 Å². The van der Waals surface area contributed by atoms with Gasteiger partial charge in [0.25, 0.3) is 0 Å². The standard InChI is InChI=1S/C13H21N3OS/c1-10(4-7-13(17)15-14)16(11-5-6-11)9-12-3-2-8-18-12/h2-3,8,10-11H,4-7,9,14H2,1H3,(H,15,17). The first-order valence-electron chi connectivity index (χ1n) is 6.48. The second-order valence-corrected chi connectivity index (χ2v) is 5.97. The topological polar surface area (TPSA) is 58.4 Å². The Balaban J connectivity index is 1.86. The van der Waals surface area contributed by atoms with Gasteiger partial charge < -0.3 is 0 Å². The van der Waals surface area contributed by atoms with E-state index in [1.165, 1.54) is 17.7 Å². The van der Waals surface area contributed by atoms with E-state index in [0.717, 1.165) is 13.0 Å². The van der Waals surface area contributed by atoms with Crippen LogP contribution in [-0.4, -0.2) is 22.9 Å². The molecular formula is C13H21N3OS. The summed E-state index contributed by atoms with van der Waals surface area (Å²) in [5.74, 6) is 5.03. The number of nitrogens with zero attached hydrogens (tertiary/aromatic N) is 1. The molecule has 1 atom stereocenters. The molecule has 1 aliphatic carbocycles. The number of carbonyl (C=O) groups excluding carboxylic acids is 1. The zero-order valence-electron chi connectivity index (χ0n) is 10.8. The number of hydrogen-bond acceptors (Lipinski definition) is 4. The molecule has 1 aliphatic rings. The Morgan fingerprint density at radius 2 is 2.44 bits per heavy atom. The lowest BCUT2D eigenvalue weighted by molar-refractivity contribution is -0.121. The van der Waals surface area contributed by atoms with Crippen molar-refractivity contribution in [3.8, 4) is 0 Å². The van der Waals surface area contributed by atoms with Crippen LogP contribution in [0.3, 0.4) is 0 Å². The minimum Gasteiger partial charge on any atom is -0.294 e. The van der Waals surface area contributed by atoms with Crippen LogP contribution in [0, 0.1) is 0 Å². The number of nitrogens with one attached hydrogen (secondary N) is 1. The Labute approximate surface area is 112 Å². The highest BCUT2D eigenvalue weighted by molar-refractivity contribution is 7.09. The fourth-order valence-corrected chi connectivity index (χ4v) is 2.92. The first-order valence-corrected chi connectivity index (χ1v) is 7.36. The van der Waals surface area contributed by atoms with Crippen molar-refractivity contribution in [2.45, 2.75) is 51.2 Å². The largest absolute Gasteiger partial charge is 0.294 e. The summed E-state index contributed by atoms with van der Waals surface area (Å²) in [5, 5.41) is 2.12. The molecule has 100 valence electrons. The van der Waals surface area contributed by atoms with Gasteiger partial charge in [0.2, 0.25) is 5.91 Å². The first-order chi connectivity index (χ1) is 8.70. The fourth-order valence-electron chi connectivity index (χ4n) is 2.21. The number of rotatable bonds is 7. The second-order valence-electron chi connectivity index (χ2n) is 4.94. The lowest BCUT2D eigenvalue weighted by atomic mass is 10.1. The van der Waals surface area contributed by atoms with E-state index in [1.807, 2.05) is 0 Å². The predicted molar refractivity (Wildman–Crippen MR) is 73.9 cm³/mol. The Bertz CT molecular complexity index is 376. The summed E-state index contributed by atoms with van der Waals surface area (Å²) in [4.78, 5) is 15.1. The van der Waals surface area contributed by atoms with Gasteiger partial charge in [-0.2, -0.15) is 0 Å². The highest BCUT2D eigenvalue weighted by Crippen LogP contribution is 2.31. The summed E-state index contributed by atoms with van der Waals surface area (Å²) in [6.45, 7) is 3.21. The average molecular weight is 267 g/mol. The van der Waals surface area contributed by atoms with Crippen LogP contribution in [0.25, 0.3) is 0 Å². The van der Waals surface area contributed by atoms with Crippen LogP contribution < -0.4 is 11.3 Å². The smallest absolute Gasteiger partial charge is 0.233 e. The fraction of sp³-hybridized carbons (Fsp3) is 0.615. The molecule has 4 nitrogen and oxygen atoms in total. The van der Waals surface area contributed by atoms with E-state index < -0.39 is 0 Å². The van der Waals surface area contributed by atoms with Crippen LogP contribution in [-0.2, 0) is 11.3 Å². The quantitative estimate of drug-likeness (QED) is 0.450. The molecule has 5 heteroatoms. The molecule has 2 rings (SSSR count). The van der Waals surface area contributed by atoms with Crippen molar-refractivity contribution in [1.82, 2.24) is 10.3 Å². The predicted octanol–water partition coefficient (Wildman–Crippen LogP) is 1.87. The molecule has 1 aromatic heterocycles. The van der Waals surface area contributed by atoms with Crippen molar-refractivity contribution in [2.24, 2.45) is 5.84 Å². The van der Waals surface area contributed by atoms with E-state index in [9.17, 15) is 4.79 Å². The summed E-state index contributed by atoms with van der Waals surface area (Å²) in [6.07, 6.45) is 3.95. The van der Waals surface area contributed by atoms with E-state index in [0.29, 0.717) is 18.5 Å². The molecule has 0 radical (unpaired) electrons. The van der Waals surface area contributed by atoms with Crippen LogP contribution in [0.15, 0.2) is 17.5 Å². The summed E-state index contributed by atoms with van der Waals surface area (Å²) in [7, 11) is 0. The van der Waals surface area contributed by atoms with E-state index in [1.54, 1.807) is 11.3 Å². The molecule has 0 spiro atoms. The number of carbonyl (C=O) groups is 1. The van der Waals surface area contributed by atoms with Crippen molar-refractivity contribution >= 4 is 17.2 Å². The van der Waals surface area contributed by atoms with E-state index >= 15 is 0 Å². The van der Waals surface area contributed by atoms with Gasteiger partial charge in [0.15, 0.2) is 0 Å². The van der Waals surface area contributed by atoms with Crippen molar-refractivity contribution < 1.29 is 4.79 Å². The summed E-state index contributed by atoms with van der Waals surface area (Å²) < 4.78 is 0. The maximum Gasteiger partial charge on any atom is 0.233 e. The third-order valence-corrected chi connectivity index (χ3v) is 4.31. The third-order valence-electron chi connectivity index (χ3n) is 3.45. The molecule has 18 heavy (non-hydrogen) atoms. The monoisotopic (exact) mass is 267 g/mol. The van der Waals surface area contributed by atoms with Gasteiger partial charge in [0.05, 0.1) is 0 Å². The highest BCUT2D eigenvalue weighted by Gasteiger charge is 2.32. The summed E-state index contributed by atoms with van der Waals surface area (Å²) in [6, 6.07) is 5.41. The van der Waals surface area contributed by atoms with E-state index in [-0.39, 0.29) is 5.91 Å². The Kier molecular flexibility index (Phi) is 4.74. The van der Waals surface area contributed by atoms with Crippen LogP contribution in [0.4, 0.5) is 0 Å². The number of nitrogens with two attached hydrogens (primary N) is 1. The second kappa shape index (κ2) is 6.31. The molecule has 3 N–H and O–H groups in total. The summed E-state index contributed by atoms with van der Waals surface area (Å²) >= 11 is 1.80. The molecule has 1 amide bonds. The minimum atomic E-state index is -0.0753. The maximum absolute atomic E-state index is 11.2. The normalized spacial score (nSPS) is 16.8. The van der Waals surface area contributed by atoms with Crippen LogP contribution in [0.2, 0.25) is 0 Å². The molecule has 1 heterocycles. The van der Waals surface area contributed by atoms with Crippen molar-refractivity contribution in [3.05, 3.63) is 22.4 Å². The van der Waals surface area contributed by atoms with Gasteiger partial charge in [-0.25, -0.2) is 5.84 Å². The zero-order valence-corrected chi connectivity index (χ0v) is 11.6. The van der Waals surface area contributed by atoms with Crippen LogP contribution in [0.1, 0.15) is 37.5 Å². The van der Waals surface area contributed by atoms with Crippen LogP contribution >= 0.6 is 11.3 Å². The van der Waals surface area contributed by atoms with Gasteiger partial charge in [-0.15, -0.1) is 11.3 Å². The molecule has 0 aliphatic heterocycles. The number of hydrazine groups is 1. The van der Waals surface area contributed by atoms with Gasteiger partial charge >= 0.3 is 0 Å². The zero-order chi connectivity index (χ0) is 13.0. The number of amides is 1. The molecule has 1 aromatic rings. The Morgan fingerprint density at radius 1 is 1.67 bits per heavy atom. The van der Waals surface area contributed by atoms with E-state index in [2.05, 4.69) is 34.8 Å². The molecule has 0 aromatic carbocycles. The minimum absolute atomic E-state index is 0.0753. The molecule has 1 fully saturated rings. The number of hydrogen-bond donors (Lipinski definition) is 2. The van der Waals surface area contributed by atoms with Crippen molar-refractivity contribution in [3.63, 3.8) is 0 Å². The van der Waals surface area contributed by atoms with Crippen molar-refractivity contribution in [1.29, 1.82) is 0 Å². The van der Waals surface area contributed by atoms with Crippen molar-refractivity contribution in [2.75, 3.05) is 0 Å².